The normalized spacial score (nSPS) is 10.8. The summed E-state index contributed by atoms with van der Waals surface area (Å²) < 4.78 is 0. The third-order valence-corrected chi connectivity index (χ3v) is 2.71. The molecule has 0 N–H and O–H groups in total. The summed E-state index contributed by atoms with van der Waals surface area (Å²) in [7, 11) is 0. The lowest BCUT2D eigenvalue weighted by atomic mass is 10.0. The highest BCUT2D eigenvalue weighted by molar-refractivity contribution is 5.76. The molecule has 1 aliphatic carbocycles. The van der Waals surface area contributed by atoms with E-state index in [2.05, 4.69) is 104 Å². The van der Waals surface area contributed by atoms with Crippen LogP contribution in [0.5, 0.6) is 0 Å². The summed E-state index contributed by atoms with van der Waals surface area (Å²) in [4.78, 5) is 0. The SMILES string of the molecule is CC.CC.CC(C)(C)C.CC(C)(C)C.c1ccc2c(c1)Cc1ccccc1-2. The highest BCUT2D eigenvalue weighted by Gasteiger charge is 2.15. The van der Waals surface area contributed by atoms with E-state index in [-0.39, 0.29) is 0 Å². The maximum absolute atomic E-state index is 2.22. The predicted molar refractivity (Wildman–Crippen MR) is 128 cm³/mol. The molecule has 0 spiro atoms. The van der Waals surface area contributed by atoms with Gasteiger partial charge in [-0.05, 0) is 39.5 Å². The van der Waals surface area contributed by atoms with Crippen LogP contribution in [0.3, 0.4) is 0 Å². The monoisotopic (exact) mass is 370 g/mol. The summed E-state index contributed by atoms with van der Waals surface area (Å²) in [6.07, 6.45) is 1.10. The first-order valence-corrected chi connectivity index (χ1v) is 10.6. The molecule has 2 aromatic carbocycles. The third kappa shape index (κ3) is 15.2. The molecule has 0 radical (unpaired) electrons. The van der Waals surface area contributed by atoms with Crippen LogP contribution in [0.1, 0.15) is 94.2 Å². The molecule has 0 aliphatic heterocycles. The van der Waals surface area contributed by atoms with Crippen molar-refractivity contribution in [1.82, 2.24) is 0 Å². The zero-order valence-corrected chi connectivity index (χ0v) is 20.3. The van der Waals surface area contributed by atoms with Crippen molar-refractivity contribution in [1.29, 1.82) is 0 Å². The van der Waals surface area contributed by atoms with Crippen LogP contribution in [0.2, 0.25) is 0 Å². The Kier molecular flexibility index (Phi) is 13.9. The molecule has 0 heterocycles. The molecular weight excluding hydrogens is 324 g/mol. The van der Waals surface area contributed by atoms with Crippen LogP contribution in [-0.2, 0) is 6.42 Å². The van der Waals surface area contributed by atoms with Gasteiger partial charge in [0.15, 0.2) is 0 Å². The Labute approximate surface area is 171 Å². The largest absolute Gasteiger partial charge is 0.0683 e. The first kappa shape index (κ1) is 27.7. The average molecular weight is 371 g/mol. The number of hydrogen-bond acceptors (Lipinski definition) is 0. The summed E-state index contributed by atoms with van der Waals surface area (Å²) in [5.74, 6) is 0. The molecule has 0 atom stereocenters. The molecule has 0 nitrogen and oxygen atoms in total. The Morgan fingerprint density at radius 1 is 0.481 bits per heavy atom. The summed E-state index contributed by atoms with van der Waals surface area (Å²) in [6, 6.07) is 17.3. The van der Waals surface area contributed by atoms with Crippen molar-refractivity contribution in [3.63, 3.8) is 0 Å². The van der Waals surface area contributed by atoms with Gasteiger partial charge >= 0.3 is 0 Å². The van der Waals surface area contributed by atoms with Gasteiger partial charge in [0.1, 0.15) is 0 Å². The van der Waals surface area contributed by atoms with Gasteiger partial charge in [0, 0.05) is 0 Å². The molecule has 0 saturated carbocycles. The average Bonchev–Trinajstić information content (AvgIpc) is 2.94. The molecule has 0 amide bonds. The highest BCUT2D eigenvalue weighted by Crippen LogP contribution is 2.35. The Morgan fingerprint density at radius 2 is 0.704 bits per heavy atom. The van der Waals surface area contributed by atoms with Crippen molar-refractivity contribution in [3.8, 4) is 11.1 Å². The van der Waals surface area contributed by atoms with E-state index in [4.69, 9.17) is 0 Å². The standard InChI is InChI=1S/C13H10.2C5H12.2C2H6/c1-3-7-12-10(5-1)9-11-6-2-4-8-13(11)12;2*1-5(2,3)4;2*1-2/h1-8H,9H2;2*1-4H3;2*1-2H3. The number of benzene rings is 2. The van der Waals surface area contributed by atoms with Gasteiger partial charge in [-0.25, -0.2) is 0 Å². The number of rotatable bonds is 0. The Balaban J connectivity index is 0. The van der Waals surface area contributed by atoms with Crippen LogP contribution in [0.15, 0.2) is 48.5 Å². The number of hydrogen-bond donors (Lipinski definition) is 0. The molecule has 0 heteroatoms. The van der Waals surface area contributed by atoms with Crippen LogP contribution >= 0.6 is 0 Å². The highest BCUT2D eigenvalue weighted by atomic mass is 14.2. The predicted octanol–water partition coefficient (Wildman–Crippen LogP) is 9.42. The van der Waals surface area contributed by atoms with Gasteiger partial charge in [0.05, 0.1) is 0 Å². The smallest absolute Gasteiger partial charge is 0.00135 e. The van der Waals surface area contributed by atoms with Gasteiger partial charge in [-0.3, -0.25) is 0 Å². The van der Waals surface area contributed by atoms with Crippen LogP contribution < -0.4 is 0 Å². The van der Waals surface area contributed by atoms with E-state index in [9.17, 15) is 0 Å². The van der Waals surface area contributed by atoms with Crippen LogP contribution in [-0.4, -0.2) is 0 Å². The molecule has 3 rings (SSSR count). The number of fused-ring (bicyclic) bond motifs is 3. The minimum atomic E-state index is 0.500. The molecule has 1 aliphatic rings. The molecule has 0 aromatic heterocycles. The molecule has 0 fully saturated rings. The molecule has 154 valence electrons. The summed E-state index contributed by atoms with van der Waals surface area (Å²) >= 11 is 0. The van der Waals surface area contributed by atoms with Crippen molar-refractivity contribution in [2.75, 3.05) is 0 Å². The van der Waals surface area contributed by atoms with Gasteiger partial charge in [0.25, 0.3) is 0 Å². The lowest BCUT2D eigenvalue weighted by Crippen LogP contribution is -1.93. The first-order valence-electron chi connectivity index (χ1n) is 10.6. The van der Waals surface area contributed by atoms with Crippen LogP contribution in [0.25, 0.3) is 11.1 Å². The van der Waals surface area contributed by atoms with Crippen LogP contribution in [0.4, 0.5) is 0 Å². The quantitative estimate of drug-likeness (QED) is 0.369. The molecule has 2 aromatic rings. The Morgan fingerprint density at radius 3 is 0.963 bits per heavy atom. The molecule has 0 saturated heterocycles. The van der Waals surface area contributed by atoms with Gasteiger partial charge in [0.2, 0.25) is 0 Å². The zero-order valence-electron chi connectivity index (χ0n) is 20.3. The second-order valence-electron chi connectivity index (χ2n) is 9.49. The maximum atomic E-state index is 2.22. The lowest BCUT2D eigenvalue weighted by molar-refractivity contribution is 0.469. The van der Waals surface area contributed by atoms with Crippen LogP contribution in [0, 0.1) is 10.8 Å². The van der Waals surface area contributed by atoms with Gasteiger partial charge in [-0.15, -0.1) is 0 Å². The third-order valence-electron chi connectivity index (χ3n) is 2.71. The lowest BCUT2D eigenvalue weighted by Gasteiger charge is -2.05. The van der Waals surface area contributed by atoms with Crippen molar-refractivity contribution in [3.05, 3.63) is 59.7 Å². The van der Waals surface area contributed by atoms with E-state index in [1.807, 2.05) is 27.7 Å². The fourth-order valence-electron chi connectivity index (χ4n) is 2.08. The summed E-state index contributed by atoms with van der Waals surface area (Å²) in [6.45, 7) is 25.5. The second-order valence-corrected chi connectivity index (χ2v) is 9.49. The molecule has 0 unspecified atom stereocenters. The fourth-order valence-corrected chi connectivity index (χ4v) is 2.08. The first-order chi connectivity index (χ1) is 12.4. The maximum Gasteiger partial charge on any atom is -0.00135 e. The summed E-state index contributed by atoms with van der Waals surface area (Å²) in [5, 5.41) is 0. The molecule has 27 heavy (non-hydrogen) atoms. The zero-order chi connectivity index (χ0) is 21.7. The van der Waals surface area contributed by atoms with E-state index in [1.165, 1.54) is 22.3 Å². The van der Waals surface area contributed by atoms with E-state index in [1.54, 1.807) is 0 Å². The fraction of sp³-hybridized carbons (Fsp3) is 0.556. The van der Waals surface area contributed by atoms with Gasteiger partial charge in [-0.1, -0.05) is 132 Å². The van der Waals surface area contributed by atoms with E-state index in [0.717, 1.165) is 6.42 Å². The Hall–Kier alpha value is -1.56. The van der Waals surface area contributed by atoms with E-state index in [0.29, 0.717) is 10.8 Å². The van der Waals surface area contributed by atoms with Crippen molar-refractivity contribution in [2.24, 2.45) is 10.8 Å². The minimum Gasteiger partial charge on any atom is -0.0683 e. The van der Waals surface area contributed by atoms with Crippen molar-refractivity contribution < 1.29 is 0 Å². The topological polar surface area (TPSA) is 0 Å². The van der Waals surface area contributed by atoms with E-state index < -0.39 is 0 Å². The van der Waals surface area contributed by atoms with Gasteiger partial charge in [-0.2, -0.15) is 0 Å². The van der Waals surface area contributed by atoms with Crippen molar-refractivity contribution in [2.45, 2.75) is 89.5 Å². The van der Waals surface area contributed by atoms with E-state index >= 15 is 0 Å². The van der Waals surface area contributed by atoms with Crippen molar-refractivity contribution >= 4 is 0 Å². The summed E-state index contributed by atoms with van der Waals surface area (Å²) in [5.41, 5.74) is 6.75. The second kappa shape index (κ2) is 13.6. The van der Waals surface area contributed by atoms with Gasteiger partial charge < -0.3 is 0 Å². The Bertz CT molecular complexity index is 539. The molecule has 0 bridgehead atoms. The molecular formula is C27H46. The minimum absolute atomic E-state index is 0.500.